The predicted molar refractivity (Wildman–Crippen MR) is 104 cm³/mol. The van der Waals surface area contributed by atoms with E-state index < -0.39 is 5.82 Å². The molecule has 1 heterocycles. The molecule has 1 saturated heterocycles. The number of halogens is 2. The van der Waals surface area contributed by atoms with Crippen LogP contribution >= 0.6 is 0 Å². The molecule has 1 aliphatic rings. The van der Waals surface area contributed by atoms with Gasteiger partial charge in [-0.2, -0.15) is 0 Å². The molecule has 5 nitrogen and oxygen atoms in total. The van der Waals surface area contributed by atoms with E-state index in [0.29, 0.717) is 19.6 Å². The lowest BCUT2D eigenvalue weighted by molar-refractivity contribution is -0.121. The summed E-state index contributed by atoms with van der Waals surface area (Å²) in [7, 11) is 1.45. The molecule has 1 atom stereocenters. The van der Waals surface area contributed by atoms with Gasteiger partial charge in [-0.3, -0.25) is 14.6 Å². The fraction of sp³-hybridized carbons (Fsp3) is 0.381. The Morgan fingerprint density at radius 3 is 2.46 bits per heavy atom. The van der Waals surface area contributed by atoms with Gasteiger partial charge in [-0.25, -0.2) is 8.78 Å². The molecule has 3 rings (SSSR count). The van der Waals surface area contributed by atoms with Crippen molar-refractivity contribution in [1.82, 2.24) is 9.80 Å². The Labute approximate surface area is 163 Å². The summed E-state index contributed by atoms with van der Waals surface area (Å²) < 4.78 is 32.5. The van der Waals surface area contributed by atoms with Crippen LogP contribution in [0.25, 0.3) is 0 Å². The number of amides is 1. The number of hydrogen-bond acceptors (Lipinski definition) is 4. The number of methoxy groups -OCH3 is 1. The van der Waals surface area contributed by atoms with Crippen molar-refractivity contribution in [3.05, 3.63) is 59.7 Å². The van der Waals surface area contributed by atoms with Crippen LogP contribution < -0.4 is 10.1 Å². The molecule has 0 bridgehead atoms. The quantitative estimate of drug-likeness (QED) is 0.825. The summed E-state index contributed by atoms with van der Waals surface area (Å²) in [6.07, 6.45) is 0. The highest BCUT2D eigenvalue weighted by Crippen LogP contribution is 2.20. The third kappa shape index (κ3) is 4.85. The standard InChI is InChI=1S/C21H25F2N3O2/c1-15(21(27)24-19-6-4-3-5-17(19)22)26-11-9-25(10-12-26)14-16-7-8-20(28-2)18(23)13-16/h3-8,13,15H,9-12,14H2,1-2H3,(H,24,27)/t15-/m0/s1. The molecule has 0 radical (unpaired) electrons. The number of rotatable bonds is 6. The smallest absolute Gasteiger partial charge is 0.241 e. The molecule has 0 saturated carbocycles. The molecule has 150 valence electrons. The largest absolute Gasteiger partial charge is 0.494 e. The van der Waals surface area contributed by atoms with E-state index in [1.54, 1.807) is 24.3 Å². The summed E-state index contributed by atoms with van der Waals surface area (Å²) in [5.74, 6) is -0.796. The first-order valence-corrected chi connectivity index (χ1v) is 9.32. The molecule has 7 heteroatoms. The second-order valence-electron chi connectivity index (χ2n) is 6.93. The topological polar surface area (TPSA) is 44.8 Å². The molecule has 0 aromatic heterocycles. The Morgan fingerprint density at radius 2 is 1.82 bits per heavy atom. The Morgan fingerprint density at radius 1 is 1.11 bits per heavy atom. The van der Waals surface area contributed by atoms with Gasteiger partial charge in [-0.05, 0) is 36.8 Å². The maximum absolute atomic E-state index is 13.8. The van der Waals surface area contributed by atoms with Gasteiger partial charge in [0.2, 0.25) is 5.91 Å². The van der Waals surface area contributed by atoms with Crippen molar-refractivity contribution >= 4 is 11.6 Å². The van der Waals surface area contributed by atoms with Crippen molar-refractivity contribution in [2.24, 2.45) is 0 Å². The zero-order valence-electron chi connectivity index (χ0n) is 16.1. The molecule has 0 aliphatic carbocycles. The molecule has 1 amide bonds. The van der Waals surface area contributed by atoms with E-state index in [0.717, 1.165) is 18.7 Å². The summed E-state index contributed by atoms with van der Waals surface area (Å²) in [6.45, 7) is 5.43. The maximum Gasteiger partial charge on any atom is 0.241 e. The summed E-state index contributed by atoms with van der Waals surface area (Å²) >= 11 is 0. The summed E-state index contributed by atoms with van der Waals surface area (Å²) in [5, 5.41) is 2.65. The van der Waals surface area contributed by atoms with E-state index in [1.807, 2.05) is 13.0 Å². The minimum atomic E-state index is -0.445. The number of nitrogens with one attached hydrogen (secondary N) is 1. The van der Waals surface area contributed by atoms with E-state index in [1.165, 1.54) is 19.2 Å². The van der Waals surface area contributed by atoms with Crippen molar-refractivity contribution in [3.63, 3.8) is 0 Å². The number of carbonyl (C=O) groups is 1. The highest BCUT2D eigenvalue weighted by Gasteiger charge is 2.26. The van der Waals surface area contributed by atoms with E-state index in [9.17, 15) is 13.6 Å². The molecule has 1 N–H and O–H groups in total. The summed E-state index contributed by atoms with van der Waals surface area (Å²) in [6, 6.07) is 10.8. The van der Waals surface area contributed by atoms with Crippen molar-refractivity contribution in [3.8, 4) is 5.75 Å². The lowest BCUT2D eigenvalue weighted by atomic mass is 10.1. The number of anilines is 1. The van der Waals surface area contributed by atoms with Crippen LogP contribution in [0, 0.1) is 11.6 Å². The van der Waals surface area contributed by atoms with E-state index in [-0.39, 0.29) is 29.2 Å². The first-order chi connectivity index (χ1) is 13.5. The first-order valence-electron chi connectivity index (χ1n) is 9.32. The third-order valence-corrected chi connectivity index (χ3v) is 5.09. The van der Waals surface area contributed by atoms with Crippen LogP contribution in [0.1, 0.15) is 12.5 Å². The van der Waals surface area contributed by atoms with Gasteiger partial charge in [0, 0.05) is 32.7 Å². The number of ether oxygens (including phenoxy) is 1. The SMILES string of the molecule is COc1ccc(CN2CCN([C@@H](C)C(=O)Nc3ccccc3F)CC2)cc1F. The lowest BCUT2D eigenvalue weighted by Crippen LogP contribution is -2.52. The summed E-state index contributed by atoms with van der Waals surface area (Å²) in [4.78, 5) is 16.7. The average Bonchev–Trinajstić information content (AvgIpc) is 2.70. The Bertz CT molecular complexity index is 823. The van der Waals surface area contributed by atoms with Crippen LogP contribution in [0.2, 0.25) is 0 Å². The Hall–Kier alpha value is -2.51. The molecule has 2 aromatic carbocycles. The number of hydrogen-bond donors (Lipinski definition) is 1. The molecular weight excluding hydrogens is 364 g/mol. The van der Waals surface area contributed by atoms with E-state index in [2.05, 4.69) is 15.1 Å². The van der Waals surface area contributed by atoms with Crippen molar-refractivity contribution < 1.29 is 18.3 Å². The molecule has 28 heavy (non-hydrogen) atoms. The minimum Gasteiger partial charge on any atom is -0.494 e. The van der Waals surface area contributed by atoms with Gasteiger partial charge in [-0.15, -0.1) is 0 Å². The van der Waals surface area contributed by atoms with Crippen molar-refractivity contribution in [2.75, 3.05) is 38.6 Å². The molecule has 0 unspecified atom stereocenters. The van der Waals surface area contributed by atoms with Gasteiger partial charge in [0.25, 0.3) is 0 Å². The van der Waals surface area contributed by atoms with Crippen molar-refractivity contribution in [2.45, 2.75) is 19.5 Å². The monoisotopic (exact) mass is 389 g/mol. The maximum atomic E-state index is 13.8. The van der Waals surface area contributed by atoms with Gasteiger partial charge in [-0.1, -0.05) is 18.2 Å². The highest BCUT2D eigenvalue weighted by molar-refractivity contribution is 5.94. The molecule has 2 aromatic rings. The average molecular weight is 389 g/mol. The number of benzene rings is 2. The van der Waals surface area contributed by atoms with Gasteiger partial charge in [0.1, 0.15) is 5.82 Å². The molecular formula is C21H25F2N3O2. The van der Waals surface area contributed by atoms with Crippen LogP contribution in [-0.2, 0) is 11.3 Å². The second kappa shape index (κ2) is 9.12. The van der Waals surface area contributed by atoms with Gasteiger partial charge in [0.15, 0.2) is 11.6 Å². The highest BCUT2D eigenvalue weighted by atomic mass is 19.1. The predicted octanol–water partition coefficient (Wildman–Crippen LogP) is 3.12. The number of para-hydroxylation sites is 1. The number of nitrogens with zero attached hydrogens (tertiary/aromatic N) is 2. The van der Waals surface area contributed by atoms with Crippen LogP contribution in [-0.4, -0.2) is 55.0 Å². The zero-order valence-corrected chi connectivity index (χ0v) is 16.1. The Kier molecular flexibility index (Phi) is 6.59. The molecule has 1 fully saturated rings. The van der Waals surface area contributed by atoms with Crippen LogP contribution in [0.3, 0.4) is 0 Å². The normalized spacial score (nSPS) is 16.6. The Balaban J connectivity index is 1.51. The van der Waals surface area contributed by atoms with Crippen LogP contribution in [0.5, 0.6) is 5.75 Å². The second-order valence-corrected chi connectivity index (χ2v) is 6.93. The van der Waals surface area contributed by atoms with Crippen molar-refractivity contribution in [1.29, 1.82) is 0 Å². The lowest BCUT2D eigenvalue weighted by Gasteiger charge is -2.37. The fourth-order valence-electron chi connectivity index (χ4n) is 3.34. The van der Waals surface area contributed by atoms with E-state index >= 15 is 0 Å². The number of piperazine rings is 1. The molecule has 0 spiro atoms. The fourth-order valence-corrected chi connectivity index (χ4v) is 3.34. The molecule has 1 aliphatic heterocycles. The van der Waals surface area contributed by atoms with E-state index in [4.69, 9.17) is 4.74 Å². The van der Waals surface area contributed by atoms with Gasteiger partial charge < -0.3 is 10.1 Å². The number of carbonyl (C=O) groups excluding carboxylic acids is 1. The first kappa shape index (κ1) is 20.2. The van der Waals surface area contributed by atoms with Crippen LogP contribution in [0.15, 0.2) is 42.5 Å². The third-order valence-electron chi connectivity index (χ3n) is 5.09. The summed E-state index contributed by atoms with van der Waals surface area (Å²) in [5.41, 5.74) is 1.08. The van der Waals surface area contributed by atoms with Gasteiger partial charge >= 0.3 is 0 Å². The minimum absolute atomic E-state index is 0.194. The zero-order chi connectivity index (χ0) is 20.1. The van der Waals surface area contributed by atoms with Crippen LogP contribution in [0.4, 0.5) is 14.5 Å². The van der Waals surface area contributed by atoms with Gasteiger partial charge in [0.05, 0.1) is 18.8 Å².